The SMILES string of the molecule is CC(C)(C)c1ccc(B(O)O)c(Nc2ccc3c(c2)C(C)(C)CCC3(C)C)c1. The van der Waals surface area contributed by atoms with E-state index in [0.29, 0.717) is 5.46 Å². The molecule has 1 aliphatic carbocycles. The third-order valence-corrected chi connectivity index (χ3v) is 6.33. The molecule has 0 atom stereocenters. The standard InChI is InChI=1S/C24H34BNO2/c1-22(2,3)16-8-11-20(25(27)28)21(14-16)26-17-9-10-18-19(15-17)24(6,7)13-12-23(18,4)5/h8-11,14-15,26-28H,12-13H2,1-7H3. The lowest BCUT2D eigenvalue weighted by Gasteiger charge is -2.42. The van der Waals surface area contributed by atoms with E-state index in [2.05, 4.69) is 72.0 Å². The number of anilines is 2. The highest BCUT2D eigenvalue weighted by Gasteiger charge is 2.37. The van der Waals surface area contributed by atoms with E-state index in [-0.39, 0.29) is 16.2 Å². The van der Waals surface area contributed by atoms with Gasteiger partial charge in [0.25, 0.3) is 0 Å². The summed E-state index contributed by atoms with van der Waals surface area (Å²) in [4.78, 5) is 0. The fourth-order valence-electron chi connectivity index (χ4n) is 4.18. The molecule has 0 saturated carbocycles. The van der Waals surface area contributed by atoms with Gasteiger partial charge in [0.1, 0.15) is 0 Å². The van der Waals surface area contributed by atoms with Crippen molar-refractivity contribution >= 4 is 24.0 Å². The third-order valence-electron chi connectivity index (χ3n) is 6.33. The normalized spacial score (nSPS) is 17.8. The van der Waals surface area contributed by atoms with Crippen LogP contribution < -0.4 is 10.8 Å². The summed E-state index contributed by atoms with van der Waals surface area (Å²) in [6.07, 6.45) is 2.35. The average molecular weight is 379 g/mol. The van der Waals surface area contributed by atoms with Gasteiger partial charge in [-0.1, -0.05) is 66.7 Å². The molecule has 4 heteroatoms. The lowest BCUT2D eigenvalue weighted by Crippen LogP contribution is -2.34. The highest BCUT2D eigenvalue weighted by atomic mass is 16.4. The van der Waals surface area contributed by atoms with E-state index in [1.807, 2.05) is 12.1 Å². The Hall–Kier alpha value is -1.78. The molecule has 0 saturated heterocycles. The maximum absolute atomic E-state index is 9.84. The van der Waals surface area contributed by atoms with Gasteiger partial charge in [0.15, 0.2) is 0 Å². The molecule has 0 heterocycles. The molecule has 0 amide bonds. The molecule has 150 valence electrons. The zero-order chi connectivity index (χ0) is 20.9. The van der Waals surface area contributed by atoms with Crippen molar-refractivity contribution in [3.05, 3.63) is 53.1 Å². The molecule has 1 aliphatic rings. The number of rotatable bonds is 3. The van der Waals surface area contributed by atoms with Crippen molar-refractivity contribution in [2.24, 2.45) is 0 Å². The minimum Gasteiger partial charge on any atom is -0.423 e. The van der Waals surface area contributed by atoms with Gasteiger partial charge in [-0.2, -0.15) is 0 Å². The van der Waals surface area contributed by atoms with Gasteiger partial charge in [0.2, 0.25) is 0 Å². The zero-order valence-electron chi connectivity index (χ0n) is 18.4. The minimum absolute atomic E-state index is 0.0166. The smallest absolute Gasteiger partial charge is 0.423 e. The molecule has 0 unspecified atom stereocenters. The third kappa shape index (κ3) is 3.99. The molecule has 0 bridgehead atoms. The van der Waals surface area contributed by atoms with Gasteiger partial charge >= 0.3 is 7.12 Å². The Morgan fingerprint density at radius 3 is 2.04 bits per heavy atom. The van der Waals surface area contributed by atoms with Crippen LogP contribution in [-0.4, -0.2) is 17.2 Å². The Labute approximate surface area is 170 Å². The number of benzene rings is 2. The van der Waals surface area contributed by atoms with Crippen LogP contribution in [0.25, 0.3) is 0 Å². The fraction of sp³-hybridized carbons (Fsp3) is 0.500. The summed E-state index contributed by atoms with van der Waals surface area (Å²) >= 11 is 0. The summed E-state index contributed by atoms with van der Waals surface area (Å²) in [6.45, 7) is 15.7. The van der Waals surface area contributed by atoms with Crippen LogP contribution in [0.15, 0.2) is 36.4 Å². The number of hydrogen-bond acceptors (Lipinski definition) is 3. The zero-order valence-corrected chi connectivity index (χ0v) is 18.4. The van der Waals surface area contributed by atoms with Crippen LogP contribution >= 0.6 is 0 Å². The Morgan fingerprint density at radius 1 is 0.857 bits per heavy atom. The quantitative estimate of drug-likeness (QED) is 0.674. The maximum atomic E-state index is 9.84. The molecule has 0 spiro atoms. The second kappa shape index (κ2) is 6.93. The van der Waals surface area contributed by atoms with Gasteiger partial charge in [-0.25, -0.2) is 0 Å². The summed E-state index contributed by atoms with van der Waals surface area (Å²) in [5.41, 5.74) is 6.47. The van der Waals surface area contributed by atoms with E-state index in [1.54, 1.807) is 6.07 Å². The van der Waals surface area contributed by atoms with Crippen LogP contribution in [-0.2, 0) is 16.2 Å². The topological polar surface area (TPSA) is 52.5 Å². The van der Waals surface area contributed by atoms with Crippen LogP contribution in [0.3, 0.4) is 0 Å². The van der Waals surface area contributed by atoms with Crippen LogP contribution in [0, 0.1) is 0 Å². The van der Waals surface area contributed by atoms with Crippen molar-refractivity contribution in [1.82, 2.24) is 0 Å². The second-order valence-electron chi connectivity index (χ2n) is 10.6. The van der Waals surface area contributed by atoms with E-state index < -0.39 is 7.12 Å². The Bertz CT molecular complexity index is 879. The molecule has 0 aromatic heterocycles. The Balaban J connectivity index is 2.05. The first-order valence-corrected chi connectivity index (χ1v) is 10.2. The largest absolute Gasteiger partial charge is 0.490 e. The molecule has 3 rings (SSSR count). The number of fused-ring (bicyclic) bond motifs is 1. The van der Waals surface area contributed by atoms with Gasteiger partial charge in [-0.15, -0.1) is 0 Å². The van der Waals surface area contributed by atoms with E-state index in [1.165, 1.54) is 17.5 Å². The van der Waals surface area contributed by atoms with Gasteiger partial charge in [0, 0.05) is 16.8 Å². The van der Waals surface area contributed by atoms with E-state index >= 15 is 0 Å². The molecule has 0 fully saturated rings. The first-order valence-electron chi connectivity index (χ1n) is 10.2. The summed E-state index contributed by atoms with van der Waals surface area (Å²) < 4.78 is 0. The lowest BCUT2D eigenvalue weighted by atomic mass is 9.63. The Morgan fingerprint density at radius 2 is 1.46 bits per heavy atom. The van der Waals surface area contributed by atoms with Crippen molar-refractivity contribution < 1.29 is 10.0 Å². The summed E-state index contributed by atoms with van der Waals surface area (Å²) in [7, 11) is -1.51. The molecule has 0 radical (unpaired) electrons. The van der Waals surface area contributed by atoms with Crippen LogP contribution in [0.1, 0.15) is 78.0 Å². The molecule has 3 N–H and O–H groups in total. The fourth-order valence-corrected chi connectivity index (χ4v) is 4.18. The van der Waals surface area contributed by atoms with Gasteiger partial charge < -0.3 is 15.4 Å². The van der Waals surface area contributed by atoms with Gasteiger partial charge in [-0.3, -0.25) is 0 Å². The highest BCUT2D eigenvalue weighted by molar-refractivity contribution is 6.60. The molecular weight excluding hydrogens is 345 g/mol. The predicted molar refractivity (Wildman–Crippen MR) is 120 cm³/mol. The van der Waals surface area contributed by atoms with Crippen molar-refractivity contribution in [3.8, 4) is 0 Å². The van der Waals surface area contributed by atoms with E-state index in [4.69, 9.17) is 0 Å². The van der Waals surface area contributed by atoms with E-state index in [9.17, 15) is 10.0 Å². The average Bonchev–Trinajstić information content (AvgIpc) is 2.58. The van der Waals surface area contributed by atoms with E-state index in [0.717, 1.165) is 23.4 Å². The van der Waals surface area contributed by atoms with Crippen LogP contribution in [0.5, 0.6) is 0 Å². The van der Waals surface area contributed by atoms with Gasteiger partial charge in [0.05, 0.1) is 0 Å². The van der Waals surface area contributed by atoms with Crippen molar-refractivity contribution in [2.75, 3.05) is 5.32 Å². The first-order chi connectivity index (χ1) is 12.8. The van der Waals surface area contributed by atoms with Gasteiger partial charge in [-0.05, 0) is 64.0 Å². The monoisotopic (exact) mass is 379 g/mol. The molecule has 3 nitrogen and oxygen atoms in total. The van der Waals surface area contributed by atoms with Crippen LogP contribution in [0.2, 0.25) is 0 Å². The first kappa shape index (κ1) is 20.9. The van der Waals surface area contributed by atoms with Crippen molar-refractivity contribution in [1.29, 1.82) is 0 Å². The molecule has 2 aromatic carbocycles. The van der Waals surface area contributed by atoms with Crippen molar-refractivity contribution in [2.45, 2.75) is 77.6 Å². The molecule has 0 aliphatic heterocycles. The molecule has 28 heavy (non-hydrogen) atoms. The highest BCUT2D eigenvalue weighted by Crippen LogP contribution is 2.46. The van der Waals surface area contributed by atoms with Crippen LogP contribution in [0.4, 0.5) is 11.4 Å². The summed E-state index contributed by atoms with van der Waals surface area (Å²) in [6, 6.07) is 12.4. The molecule has 2 aromatic rings. The summed E-state index contributed by atoms with van der Waals surface area (Å²) in [5, 5.41) is 23.1. The maximum Gasteiger partial charge on any atom is 0.490 e. The molecular formula is C24H34BNO2. The Kier molecular flexibility index (Phi) is 5.18. The lowest BCUT2D eigenvalue weighted by molar-refractivity contribution is 0.332. The second-order valence-corrected chi connectivity index (χ2v) is 10.6. The number of nitrogens with one attached hydrogen (secondary N) is 1. The van der Waals surface area contributed by atoms with Crippen molar-refractivity contribution in [3.63, 3.8) is 0 Å². The minimum atomic E-state index is -1.51. The summed E-state index contributed by atoms with van der Waals surface area (Å²) in [5.74, 6) is 0. The number of hydrogen-bond donors (Lipinski definition) is 3. The predicted octanol–water partition coefficient (Wildman–Crippen LogP) is 4.76.